The molecule has 2 saturated heterocycles. The Morgan fingerprint density at radius 2 is 2.09 bits per heavy atom. The number of urea groups is 1. The van der Waals surface area contributed by atoms with Gasteiger partial charge in [0.1, 0.15) is 0 Å². The van der Waals surface area contributed by atoms with Crippen molar-refractivity contribution < 1.29 is 9.53 Å². The summed E-state index contributed by atoms with van der Waals surface area (Å²) in [6.45, 7) is 15.9. The van der Waals surface area contributed by atoms with E-state index >= 15 is 0 Å². The third-order valence-corrected chi connectivity index (χ3v) is 8.02. The fourth-order valence-corrected chi connectivity index (χ4v) is 6.33. The number of fused-ring (bicyclic) bond motifs is 2. The number of hydrogen-bond acceptors (Lipinski definition) is 4. The summed E-state index contributed by atoms with van der Waals surface area (Å²) in [4.78, 5) is 23.5. The molecule has 1 aromatic heterocycles. The molecule has 2 aliphatic heterocycles. The van der Waals surface area contributed by atoms with Crippen molar-refractivity contribution in [2.75, 3.05) is 52.5 Å². The first kappa shape index (κ1) is 23.4. The molecule has 1 aliphatic carbocycles. The minimum absolute atomic E-state index is 0.0520. The first-order valence-corrected chi connectivity index (χ1v) is 13.0. The Balaban J connectivity index is 1.45. The predicted molar refractivity (Wildman–Crippen MR) is 136 cm³/mol. The third-order valence-electron chi connectivity index (χ3n) is 8.02. The molecule has 2 amide bonds. The Morgan fingerprint density at radius 3 is 2.82 bits per heavy atom. The van der Waals surface area contributed by atoms with Gasteiger partial charge in [0, 0.05) is 80.4 Å². The van der Waals surface area contributed by atoms with Gasteiger partial charge in [-0.1, -0.05) is 18.2 Å². The molecule has 3 aliphatic rings. The molecular formula is C27H39N5O2. The van der Waals surface area contributed by atoms with Gasteiger partial charge in [0.2, 0.25) is 0 Å². The first-order valence-electron chi connectivity index (χ1n) is 13.0. The lowest BCUT2D eigenvalue weighted by atomic mass is 9.73. The van der Waals surface area contributed by atoms with Gasteiger partial charge in [-0.25, -0.2) is 4.79 Å². The number of carbonyl (C=O) groups excluding carboxylic acids is 1. The van der Waals surface area contributed by atoms with Crippen molar-refractivity contribution in [1.82, 2.24) is 25.0 Å². The topological polar surface area (TPSA) is 63.8 Å². The highest BCUT2D eigenvalue weighted by Crippen LogP contribution is 2.44. The maximum Gasteiger partial charge on any atom is 0.317 e. The summed E-state index contributed by atoms with van der Waals surface area (Å²) < 4.78 is 5.56. The van der Waals surface area contributed by atoms with Crippen LogP contribution in [-0.2, 0) is 17.7 Å². The van der Waals surface area contributed by atoms with E-state index in [1.165, 1.54) is 27.7 Å². The number of H-pyrrole nitrogens is 1. The molecule has 0 saturated carbocycles. The SMILES string of the molecule is C=CCN1C[C@@H](NC(=O)N(CC)CC)C[C@@H]2c3cccc4[nH]c(CN5CCOCC5)c(c34)C[C@H]21. The zero-order valence-corrected chi connectivity index (χ0v) is 20.7. The average molecular weight is 466 g/mol. The Labute approximate surface area is 203 Å². The molecule has 7 nitrogen and oxygen atoms in total. The van der Waals surface area contributed by atoms with E-state index < -0.39 is 0 Å². The first-order chi connectivity index (χ1) is 16.6. The van der Waals surface area contributed by atoms with E-state index in [0.29, 0.717) is 12.0 Å². The number of benzene rings is 1. The normalized spacial score (nSPS) is 25.2. The van der Waals surface area contributed by atoms with Gasteiger partial charge in [0.05, 0.1) is 13.2 Å². The number of piperidine rings is 1. The largest absolute Gasteiger partial charge is 0.379 e. The number of nitrogens with one attached hydrogen (secondary N) is 2. The summed E-state index contributed by atoms with van der Waals surface area (Å²) >= 11 is 0. The second-order valence-electron chi connectivity index (χ2n) is 9.92. The maximum absolute atomic E-state index is 12.8. The van der Waals surface area contributed by atoms with E-state index in [4.69, 9.17) is 4.74 Å². The molecule has 7 heteroatoms. The van der Waals surface area contributed by atoms with Crippen LogP contribution < -0.4 is 5.32 Å². The van der Waals surface area contributed by atoms with Crippen molar-refractivity contribution >= 4 is 16.9 Å². The van der Waals surface area contributed by atoms with E-state index in [2.05, 4.69) is 44.9 Å². The molecule has 1 aromatic carbocycles. The standard InChI is InChI=1S/C27H39N5O2/c1-4-10-32-17-19(28-27(33)31(5-2)6-3)15-21-20-8-7-9-23-26(20)22(16-25(21)32)24(29-23)18-30-11-13-34-14-12-30/h4,7-9,19,21,25,29H,1,5-6,10-18H2,2-3H3,(H,28,33)/t19-,21+,25+/m0/s1. The van der Waals surface area contributed by atoms with Crippen LogP contribution >= 0.6 is 0 Å². The number of likely N-dealkylation sites (tertiary alicyclic amines) is 1. The summed E-state index contributed by atoms with van der Waals surface area (Å²) in [5, 5.41) is 4.76. The van der Waals surface area contributed by atoms with Gasteiger partial charge in [-0.15, -0.1) is 6.58 Å². The van der Waals surface area contributed by atoms with Crippen LogP contribution in [0.2, 0.25) is 0 Å². The van der Waals surface area contributed by atoms with Gasteiger partial charge in [-0.3, -0.25) is 9.80 Å². The summed E-state index contributed by atoms with van der Waals surface area (Å²) in [7, 11) is 0. The Kier molecular flexibility index (Phi) is 6.95. The molecular weight excluding hydrogens is 426 g/mol. The number of ether oxygens (including phenoxy) is 1. The van der Waals surface area contributed by atoms with E-state index in [-0.39, 0.29) is 12.1 Å². The molecule has 0 bridgehead atoms. The van der Waals surface area contributed by atoms with Crippen molar-refractivity contribution in [1.29, 1.82) is 0 Å². The average Bonchev–Trinajstić information content (AvgIpc) is 3.19. The molecule has 3 atom stereocenters. The second kappa shape index (κ2) is 10.1. The van der Waals surface area contributed by atoms with E-state index in [9.17, 15) is 4.79 Å². The highest BCUT2D eigenvalue weighted by molar-refractivity contribution is 5.89. The van der Waals surface area contributed by atoms with Crippen LogP contribution in [0.4, 0.5) is 4.79 Å². The summed E-state index contributed by atoms with van der Waals surface area (Å²) in [5.41, 5.74) is 5.53. The van der Waals surface area contributed by atoms with Crippen LogP contribution in [0.15, 0.2) is 30.9 Å². The summed E-state index contributed by atoms with van der Waals surface area (Å²) in [6, 6.07) is 7.34. The number of amides is 2. The van der Waals surface area contributed by atoms with Gasteiger partial charge in [0.25, 0.3) is 0 Å². The zero-order valence-electron chi connectivity index (χ0n) is 20.7. The van der Waals surface area contributed by atoms with Gasteiger partial charge < -0.3 is 19.9 Å². The molecule has 2 N–H and O–H groups in total. The van der Waals surface area contributed by atoms with Crippen LogP contribution in [0.25, 0.3) is 10.9 Å². The Morgan fingerprint density at radius 1 is 1.29 bits per heavy atom. The van der Waals surface area contributed by atoms with Crippen molar-refractivity contribution in [2.45, 2.75) is 51.2 Å². The predicted octanol–water partition coefficient (Wildman–Crippen LogP) is 3.32. The zero-order chi connectivity index (χ0) is 23.7. The molecule has 2 fully saturated rings. The molecule has 184 valence electrons. The van der Waals surface area contributed by atoms with Crippen molar-refractivity contribution in [3.8, 4) is 0 Å². The second-order valence-corrected chi connectivity index (χ2v) is 9.92. The lowest BCUT2D eigenvalue weighted by molar-refractivity contribution is 0.0335. The highest BCUT2D eigenvalue weighted by Gasteiger charge is 2.42. The van der Waals surface area contributed by atoms with Crippen LogP contribution in [0.5, 0.6) is 0 Å². The van der Waals surface area contributed by atoms with Crippen molar-refractivity contribution in [3.63, 3.8) is 0 Å². The van der Waals surface area contributed by atoms with Gasteiger partial charge in [0.15, 0.2) is 0 Å². The molecule has 2 aromatic rings. The number of aromatic amines is 1. The van der Waals surface area contributed by atoms with Crippen LogP contribution in [-0.4, -0.2) is 90.3 Å². The Bertz CT molecular complexity index is 1020. The fraction of sp³-hybridized carbons (Fsp3) is 0.593. The number of carbonyl (C=O) groups is 1. The van der Waals surface area contributed by atoms with Gasteiger partial charge in [-0.05, 0) is 43.9 Å². The molecule has 3 heterocycles. The fourth-order valence-electron chi connectivity index (χ4n) is 6.33. The minimum Gasteiger partial charge on any atom is -0.379 e. The van der Waals surface area contributed by atoms with Crippen molar-refractivity contribution in [3.05, 3.63) is 47.7 Å². The van der Waals surface area contributed by atoms with E-state index in [1.807, 2.05) is 24.8 Å². The van der Waals surface area contributed by atoms with Crippen molar-refractivity contribution in [2.24, 2.45) is 0 Å². The number of hydrogen-bond donors (Lipinski definition) is 2. The van der Waals surface area contributed by atoms with Gasteiger partial charge in [-0.2, -0.15) is 0 Å². The lowest BCUT2D eigenvalue weighted by Crippen LogP contribution is -2.57. The minimum atomic E-state index is 0.0520. The quantitative estimate of drug-likeness (QED) is 0.616. The lowest BCUT2D eigenvalue weighted by Gasteiger charge is -2.47. The number of aromatic nitrogens is 1. The number of rotatable bonds is 7. The molecule has 0 radical (unpaired) electrons. The van der Waals surface area contributed by atoms with E-state index in [0.717, 1.165) is 71.9 Å². The summed E-state index contributed by atoms with van der Waals surface area (Å²) in [5.74, 6) is 0.402. The molecule has 5 rings (SSSR count). The molecule has 34 heavy (non-hydrogen) atoms. The van der Waals surface area contributed by atoms with Gasteiger partial charge >= 0.3 is 6.03 Å². The number of morpholine rings is 1. The summed E-state index contributed by atoms with van der Waals surface area (Å²) in [6.07, 6.45) is 4.03. The molecule has 0 unspecified atom stereocenters. The number of nitrogens with zero attached hydrogens (tertiary/aromatic N) is 3. The Hall–Kier alpha value is -2.35. The maximum atomic E-state index is 12.8. The third kappa shape index (κ3) is 4.37. The van der Waals surface area contributed by atoms with Crippen LogP contribution in [0.1, 0.15) is 43.0 Å². The van der Waals surface area contributed by atoms with Crippen LogP contribution in [0.3, 0.4) is 0 Å². The van der Waals surface area contributed by atoms with E-state index in [1.54, 1.807) is 0 Å². The molecule has 0 spiro atoms. The van der Waals surface area contributed by atoms with Crippen LogP contribution in [0, 0.1) is 0 Å². The highest BCUT2D eigenvalue weighted by atomic mass is 16.5. The smallest absolute Gasteiger partial charge is 0.317 e. The monoisotopic (exact) mass is 465 g/mol.